The van der Waals surface area contributed by atoms with Crippen LogP contribution in [0.15, 0.2) is 24.3 Å². The summed E-state index contributed by atoms with van der Waals surface area (Å²) in [6.45, 7) is 3.25. The van der Waals surface area contributed by atoms with Gasteiger partial charge in [-0.3, -0.25) is 4.79 Å². The summed E-state index contributed by atoms with van der Waals surface area (Å²) < 4.78 is 5.37. The fraction of sp³-hybridized carbons (Fsp3) is 0.500. The van der Waals surface area contributed by atoms with Gasteiger partial charge in [-0.05, 0) is 38.4 Å². The predicted molar refractivity (Wildman–Crippen MR) is 69.5 cm³/mol. The van der Waals surface area contributed by atoms with Gasteiger partial charge < -0.3 is 10.5 Å². The molecule has 0 aliphatic carbocycles. The smallest absolute Gasteiger partial charge is 0.163 e. The standard InChI is InChI=1S/C14H21NO2/c1-2-17-13-8-6-7-12(11-13)14(16)9-4-3-5-10-15/h6-8,11H,2-5,9-10,15H2,1H3. The lowest BCUT2D eigenvalue weighted by atomic mass is 10.0. The number of nitrogens with two attached hydrogens (primary N) is 1. The maximum absolute atomic E-state index is 11.9. The topological polar surface area (TPSA) is 52.3 Å². The number of carbonyl (C=O) groups excluding carboxylic acids is 1. The summed E-state index contributed by atoms with van der Waals surface area (Å²) in [5.74, 6) is 0.948. The molecule has 1 aromatic rings. The first-order valence-corrected chi connectivity index (χ1v) is 6.24. The van der Waals surface area contributed by atoms with Gasteiger partial charge in [0, 0.05) is 12.0 Å². The molecule has 3 heteroatoms. The number of Topliss-reactive ketones (excluding diaryl/α,β-unsaturated/α-hetero) is 1. The Balaban J connectivity index is 2.47. The van der Waals surface area contributed by atoms with Crippen LogP contribution in [0.3, 0.4) is 0 Å². The van der Waals surface area contributed by atoms with Crippen molar-refractivity contribution in [3.05, 3.63) is 29.8 Å². The van der Waals surface area contributed by atoms with Crippen molar-refractivity contribution in [1.29, 1.82) is 0 Å². The highest BCUT2D eigenvalue weighted by atomic mass is 16.5. The molecule has 94 valence electrons. The molecule has 0 aromatic heterocycles. The molecular weight excluding hydrogens is 214 g/mol. The maximum atomic E-state index is 11.9. The Labute approximate surface area is 103 Å². The van der Waals surface area contributed by atoms with Crippen LogP contribution in [0.1, 0.15) is 43.0 Å². The molecule has 1 rings (SSSR count). The van der Waals surface area contributed by atoms with E-state index in [9.17, 15) is 4.79 Å². The Morgan fingerprint density at radius 3 is 2.82 bits per heavy atom. The molecule has 0 atom stereocenters. The van der Waals surface area contributed by atoms with Gasteiger partial charge in [0.2, 0.25) is 0 Å². The molecule has 17 heavy (non-hydrogen) atoms. The quantitative estimate of drug-likeness (QED) is 0.557. The molecule has 0 fully saturated rings. The molecule has 0 unspecified atom stereocenters. The van der Waals surface area contributed by atoms with Gasteiger partial charge in [-0.25, -0.2) is 0 Å². The number of unbranched alkanes of at least 4 members (excludes halogenated alkanes) is 2. The van der Waals surface area contributed by atoms with Crippen LogP contribution in [0.25, 0.3) is 0 Å². The highest BCUT2D eigenvalue weighted by Gasteiger charge is 2.06. The number of ether oxygens (including phenoxy) is 1. The fourth-order valence-electron chi connectivity index (χ4n) is 1.68. The highest BCUT2D eigenvalue weighted by Crippen LogP contribution is 2.15. The first-order chi connectivity index (χ1) is 8.27. The van der Waals surface area contributed by atoms with Gasteiger partial charge >= 0.3 is 0 Å². The van der Waals surface area contributed by atoms with Crippen LogP contribution < -0.4 is 10.5 Å². The van der Waals surface area contributed by atoms with E-state index in [2.05, 4.69) is 0 Å². The zero-order valence-electron chi connectivity index (χ0n) is 10.4. The lowest BCUT2D eigenvalue weighted by Crippen LogP contribution is -2.02. The summed E-state index contributed by atoms with van der Waals surface area (Å²) in [5, 5.41) is 0. The fourth-order valence-corrected chi connectivity index (χ4v) is 1.68. The van der Waals surface area contributed by atoms with E-state index in [0.29, 0.717) is 19.6 Å². The van der Waals surface area contributed by atoms with E-state index >= 15 is 0 Å². The summed E-state index contributed by atoms with van der Waals surface area (Å²) in [6.07, 6.45) is 3.52. The van der Waals surface area contributed by atoms with Crippen LogP contribution in [0.4, 0.5) is 0 Å². The zero-order chi connectivity index (χ0) is 12.5. The van der Waals surface area contributed by atoms with Crippen molar-refractivity contribution in [2.75, 3.05) is 13.2 Å². The Bertz CT molecular complexity index is 350. The van der Waals surface area contributed by atoms with Gasteiger partial charge in [0.15, 0.2) is 5.78 Å². The van der Waals surface area contributed by atoms with Crippen molar-refractivity contribution >= 4 is 5.78 Å². The average molecular weight is 235 g/mol. The van der Waals surface area contributed by atoms with Crippen LogP contribution >= 0.6 is 0 Å². The SMILES string of the molecule is CCOc1cccc(C(=O)CCCCCN)c1. The van der Waals surface area contributed by atoms with E-state index in [1.54, 1.807) is 0 Å². The zero-order valence-corrected chi connectivity index (χ0v) is 10.4. The van der Waals surface area contributed by atoms with Crippen molar-refractivity contribution in [3.63, 3.8) is 0 Å². The minimum atomic E-state index is 0.184. The highest BCUT2D eigenvalue weighted by molar-refractivity contribution is 5.96. The number of hydrogen-bond donors (Lipinski definition) is 1. The lowest BCUT2D eigenvalue weighted by Gasteiger charge is -2.05. The summed E-state index contributed by atoms with van der Waals surface area (Å²) in [6, 6.07) is 7.38. The van der Waals surface area contributed by atoms with Crippen molar-refractivity contribution in [2.45, 2.75) is 32.6 Å². The molecule has 0 aliphatic rings. The first kappa shape index (κ1) is 13.7. The monoisotopic (exact) mass is 235 g/mol. The van der Waals surface area contributed by atoms with Crippen LogP contribution in [-0.2, 0) is 0 Å². The summed E-state index contributed by atoms with van der Waals surface area (Å²) in [7, 11) is 0. The molecule has 0 saturated carbocycles. The summed E-state index contributed by atoms with van der Waals surface area (Å²) in [5.41, 5.74) is 6.15. The molecule has 1 aromatic carbocycles. The lowest BCUT2D eigenvalue weighted by molar-refractivity contribution is 0.0978. The second-order valence-corrected chi connectivity index (χ2v) is 3.98. The van der Waals surface area contributed by atoms with Crippen LogP contribution in [0, 0.1) is 0 Å². The Hall–Kier alpha value is -1.35. The van der Waals surface area contributed by atoms with Crippen molar-refractivity contribution < 1.29 is 9.53 Å². The minimum Gasteiger partial charge on any atom is -0.494 e. The number of benzene rings is 1. The molecule has 0 amide bonds. The van der Waals surface area contributed by atoms with Crippen LogP contribution in [0.2, 0.25) is 0 Å². The second kappa shape index (κ2) is 7.85. The Morgan fingerprint density at radius 1 is 1.29 bits per heavy atom. The first-order valence-electron chi connectivity index (χ1n) is 6.24. The molecule has 0 spiro atoms. The third kappa shape index (κ3) is 5.00. The van der Waals surface area contributed by atoms with Crippen molar-refractivity contribution in [2.24, 2.45) is 5.73 Å². The van der Waals surface area contributed by atoms with E-state index in [1.165, 1.54) is 0 Å². The van der Waals surface area contributed by atoms with E-state index < -0.39 is 0 Å². The second-order valence-electron chi connectivity index (χ2n) is 3.98. The van der Waals surface area contributed by atoms with Gasteiger partial charge in [-0.2, -0.15) is 0 Å². The van der Waals surface area contributed by atoms with Crippen LogP contribution in [-0.4, -0.2) is 18.9 Å². The molecule has 2 N–H and O–H groups in total. The average Bonchev–Trinajstić information content (AvgIpc) is 2.35. The van der Waals surface area contributed by atoms with Gasteiger partial charge in [-0.15, -0.1) is 0 Å². The molecule has 0 bridgehead atoms. The molecule has 0 saturated heterocycles. The van der Waals surface area contributed by atoms with Gasteiger partial charge in [0.1, 0.15) is 5.75 Å². The van der Waals surface area contributed by atoms with Gasteiger partial charge in [0.25, 0.3) is 0 Å². The third-order valence-corrected chi connectivity index (χ3v) is 2.57. The van der Waals surface area contributed by atoms with E-state index in [0.717, 1.165) is 30.6 Å². The summed E-state index contributed by atoms with van der Waals surface area (Å²) >= 11 is 0. The molecule has 0 aliphatic heterocycles. The van der Waals surface area contributed by atoms with Gasteiger partial charge in [0.05, 0.1) is 6.61 Å². The number of carbonyl (C=O) groups is 1. The minimum absolute atomic E-state index is 0.184. The maximum Gasteiger partial charge on any atom is 0.163 e. The number of hydrogen-bond acceptors (Lipinski definition) is 3. The van der Waals surface area contributed by atoms with E-state index in [1.807, 2.05) is 31.2 Å². The molecule has 3 nitrogen and oxygen atoms in total. The van der Waals surface area contributed by atoms with E-state index in [-0.39, 0.29) is 5.78 Å². The largest absolute Gasteiger partial charge is 0.494 e. The molecular formula is C14H21NO2. The van der Waals surface area contributed by atoms with Gasteiger partial charge in [-0.1, -0.05) is 18.6 Å². The predicted octanol–water partition coefficient (Wildman–Crippen LogP) is 2.79. The normalized spacial score (nSPS) is 10.2. The van der Waals surface area contributed by atoms with Crippen molar-refractivity contribution in [3.8, 4) is 5.75 Å². The molecule has 0 radical (unpaired) electrons. The third-order valence-electron chi connectivity index (χ3n) is 2.57. The molecule has 0 heterocycles. The number of rotatable bonds is 8. The van der Waals surface area contributed by atoms with Crippen LogP contribution in [0.5, 0.6) is 5.75 Å². The van der Waals surface area contributed by atoms with E-state index in [4.69, 9.17) is 10.5 Å². The number of ketones is 1. The Morgan fingerprint density at radius 2 is 2.12 bits per heavy atom. The van der Waals surface area contributed by atoms with Crippen molar-refractivity contribution in [1.82, 2.24) is 0 Å². The summed E-state index contributed by atoms with van der Waals surface area (Å²) in [4.78, 5) is 11.9. The Kier molecular flexibility index (Phi) is 6.33.